The molecule has 1 fully saturated rings. The number of benzene rings is 3. The van der Waals surface area contributed by atoms with E-state index >= 15 is 0 Å². The van der Waals surface area contributed by atoms with Gasteiger partial charge in [0.05, 0.1) is 17.2 Å². The Morgan fingerprint density at radius 2 is 1.55 bits per heavy atom. The molecular formula is C26H24N4O. The van der Waals surface area contributed by atoms with Crippen molar-refractivity contribution in [1.29, 1.82) is 0 Å². The minimum atomic E-state index is -0.117. The maximum Gasteiger partial charge on any atom is 0.255 e. The van der Waals surface area contributed by atoms with Crippen molar-refractivity contribution in [2.45, 2.75) is 19.3 Å². The molecule has 1 saturated heterocycles. The van der Waals surface area contributed by atoms with Crippen molar-refractivity contribution in [2.75, 3.05) is 23.3 Å². The molecule has 4 aromatic rings. The molecule has 0 spiro atoms. The van der Waals surface area contributed by atoms with Crippen LogP contribution in [0, 0.1) is 0 Å². The van der Waals surface area contributed by atoms with E-state index in [0.29, 0.717) is 5.56 Å². The topological polar surface area (TPSA) is 58.1 Å². The number of carbonyl (C=O) groups excluding carboxylic acids is 1. The molecule has 31 heavy (non-hydrogen) atoms. The van der Waals surface area contributed by atoms with Gasteiger partial charge in [0.1, 0.15) is 5.82 Å². The Morgan fingerprint density at radius 3 is 2.32 bits per heavy atom. The summed E-state index contributed by atoms with van der Waals surface area (Å²) in [5, 5.41) is 2.92. The third kappa shape index (κ3) is 4.26. The molecule has 1 aliphatic heterocycles. The summed E-state index contributed by atoms with van der Waals surface area (Å²) in [4.78, 5) is 24.3. The quantitative estimate of drug-likeness (QED) is 0.482. The van der Waals surface area contributed by atoms with E-state index < -0.39 is 0 Å². The molecule has 2 heterocycles. The van der Waals surface area contributed by atoms with Crippen molar-refractivity contribution in [2.24, 2.45) is 0 Å². The minimum absolute atomic E-state index is 0.117. The van der Waals surface area contributed by atoms with Crippen LogP contribution in [0.4, 0.5) is 11.5 Å². The van der Waals surface area contributed by atoms with Crippen LogP contribution in [0.2, 0.25) is 0 Å². The monoisotopic (exact) mass is 408 g/mol. The van der Waals surface area contributed by atoms with Gasteiger partial charge in [-0.2, -0.15) is 0 Å². The van der Waals surface area contributed by atoms with Gasteiger partial charge < -0.3 is 10.2 Å². The lowest BCUT2D eigenvalue weighted by Gasteiger charge is -2.27. The summed E-state index contributed by atoms with van der Waals surface area (Å²) in [6, 6.07) is 23.3. The fourth-order valence-electron chi connectivity index (χ4n) is 4.00. The first-order valence-corrected chi connectivity index (χ1v) is 10.7. The molecule has 154 valence electrons. The lowest BCUT2D eigenvalue weighted by molar-refractivity contribution is 0.102. The van der Waals surface area contributed by atoms with Gasteiger partial charge in [-0.05, 0) is 66.8 Å². The molecule has 0 atom stereocenters. The number of piperidine rings is 1. The van der Waals surface area contributed by atoms with E-state index in [1.807, 2.05) is 66.9 Å². The van der Waals surface area contributed by atoms with E-state index in [2.05, 4.69) is 27.3 Å². The molecule has 0 bridgehead atoms. The van der Waals surface area contributed by atoms with Crippen LogP contribution in [0.15, 0.2) is 79.0 Å². The summed E-state index contributed by atoms with van der Waals surface area (Å²) in [6.07, 6.45) is 5.60. The summed E-state index contributed by atoms with van der Waals surface area (Å²) >= 11 is 0. The predicted molar refractivity (Wildman–Crippen MR) is 125 cm³/mol. The van der Waals surface area contributed by atoms with Crippen molar-refractivity contribution in [3.8, 4) is 11.1 Å². The minimum Gasteiger partial charge on any atom is -0.355 e. The lowest BCUT2D eigenvalue weighted by Crippen LogP contribution is -2.30. The highest BCUT2D eigenvalue weighted by Gasteiger charge is 2.13. The molecule has 5 heteroatoms. The Labute approximate surface area is 181 Å². The van der Waals surface area contributed by atoms with Crippen molar-refractivity contribution in [3.63, 3.8) is 0 Å². The van der Waals surface area contributed by atoms with Crippen molar-refractivity contribution in [1.82, 2.24) is 9.97 Å². The van der Waals surface area contributed by atoms with Gasteiger partial charge in [0, 0.05) is 24.3 Å². The first-order valence-electron chi connectivity index (χ1n) is 10.7. The van der Waals surface area contributed by atoms with Crippen LogP contribution in [0.5, 0.6) is 0 Å². The smallest absolute Gasteiger partial charge is 0.255 e. The normalized spacial score (nSPS) is 13.9. The maximum absolute atomic E-state index is 12.5. The number of para-hydroxylation sites is 1. The molecule has 5 rings (SSSR count). The number of anilines is 2. The zero-order valence-electron chi connectivity index (χ0n) is 17.3. The number of rotatable bonds is 4. The van der Waals surface area contributed by atoms with Gasteiger partial charge in [-0.1, -0.05) is 36.4 Å². The fourth-order valence-corrected chi connectivity index (χ4v) is 4.00. The highest BCUT2D eigenvalue weighted by molar-refractivity contribution is 6.04. The Bertz CT molecular complexity index is 1200. The van der Waals surface area contributed by atoms with Gasteiger partial charge in [-0.3, -0.25) is 9.78 Å². The molecule has 0 radical (unpaired) electrons. The summed E-state index contributed by atoms with van der Waals surface area (Å²) in [7, 11) is 0. The van der Waals surface area contributed by atoms with E-state index in [4.69, 9.17) is 4.98 Å². The van der Waals surface area contributed by atoms with Crippen LogP contribution in [0.1, 0.15) is 29.6 Å². The number of fused-ring (bicyclic) bond motifs is 1. The molecule has 1 amide bonds. The molecule has 1 aliphatic rings. The summed E-state index contributed by atoms with van der Waals surface area (Å²) in [5.74, 6) is 0.839. The molecule has 1 N–H and O–H groups in total. The van der Waals surface area contributed by atoms with E-state index in [-0.39, 0.29) is 5.91 Å². The van der Waals surface area contributed by atoms with E-state index in [1.165, 1.54) is 19.3 Å². The average Bonchev–Trinajstić information content (AvgIpc) is 2.84. The molecule has 5 nitrogen and oxygen atoms in total. The highest BCUT2D eigenvalue weighted by atomic mass is 16.1. The average molecular weight is 409 g/mol. The van der Waals surface area contributed by atoms with Crippen LogP contribution < -0.4 is 10.2 Å². The molecule has 0 aliphatic carbocycles. The van der Waals surface area contributed by atoms with Gasteiger partial charge in [0.25, 0.3) is 5.91 Å². The second kappa shape index (κ2) is 8.56. The second-order valence-corrected chi connectivity index (χ2v) is 7.88. The predicted octanol–water partition coefficient (Wildman–Crippen LogP) is 5.54. The zero-order chi connectivity index (χ0) is 21.0. The molecule has 3 aromatic carbocycles. The van der Waals surface area contributed by atoms with Gasteiger partial charge >= 0.3 is 0 Å². The number of hydrogen-bond donors (Lipinski definition) is 1. The Hall–Kier alpha value is -3.73. The number of nitrogens with one attached hydrogen (secondary N) is 1. The Balaban J connectivity index is 1.37. The van der Waals surface area contributed by atoms with Gasteiger partial charge in [-0.25, -0.2) is 4.98 Å². The fraction of sp³-hybridized carbons (Fsp3) is 0.192. The SMILES string of the molecule is O=C(Nc1ccccc1)c1ccc(-c2ccc3ncc(N4CCCCC4)nc3c2)cc1. The van der Waals surface area contributed by atoms with Crippen molar-refractivity contribution >= 4 is 28.4 Å². The summed E-state index contributed by atoms with van der Waals surface area (Å²) < 4.78 is 0. The van der Waals surface area contributed by atoms with Crippen LogP contribution in [-0.2, 0) is 0 Å². The summed E-state index contributed by atoms with van der Waals surface area (Å²) in [5.41, 5.74) is 5.31. The van der Waals surface area contributed by atoms with Crippen LogP contribution >= 0.6 is 0 Å². The third-order valence-corrected chi connectivity index (χ3v) is 5.72. The Morgan fingerprint density at radius 1 is 0.806 bits per heavy atom. The largest absolute Gasteiger partial charge is 0.355 e. The van der Waals surface area contributed by atoms with Crippen molar-refractivity contribution < 1.29 is 4.79 Å². The Kier molecular flexibility index (Phi) is 5.31. The zero-order valence-corrected chi connectivity index (χ0v) is 17.3. The second-order valence-electron chi connectivity index (χ2n) is 7.88. The van der Waals surface area contributed by atoms with Crippen LogP contribution in [0.3, 0.4) is 0 Å². The number of aromatic nitrogens is 2. The van der Waals surface area contributed by atoms with E-state index in [1.54, 1.807) is 0 Å². The molecule has 0 unspecified atom stereocenters. The van der Waals surface area contributed by atoms with Crippen molar-refractivity contribution in [3.05, 3.63) is 84.6 Å². The number of amides is 1. The molecular weight excluding hydrogens is 384 g/mol. The molecule has 1 aromatic heterocycles. The van der Waals surface area contributed by atoms with E-state index in [0.717, 1.165) is 46.8 Å². The van der Waals surface area contributed by atoms with Crippen LogP contribution in [0.25, 0.3) is 22.2 Å². The highest BCUT2D eigenvalue weighted by Crippen LogP contribution is 2.25. The third-order valence-electron chi connectivity index (χ3n) is 5.72. The molecule has 0 saturated carbocycles. The van der Waals surface area contributed by atoms with Gasteiger partial charge in [0.2, 0.25) is 0 Å². The first kappa shape index (κ1) is 19.2. The summed E-state index contributed by atoms with van der Waals surface area (Å²) in [6.45, 7) is 2.10. The number of hydrogen-bond acceptors (Lipinski definition) is 4. The first-order chi connectivity index (χ1) is 15.3. The lowest BCUT2D eigenvalue weighted by atomic mass is 10.0. The van der Waals surface area contributed by atoms with Crippen LogP contribution in [-0.4, -0.2) is 29.0 Å². The number of carbonyl (C=O) groups is 1. The number of nitrogens with zero attached hydrogens (tertiary/aromatic N) is 3. The maximum atomic E-state index is 12.5. The standard InChI is InChI=1S/C26H24N4O/c31-26(28-22-7-3-1-4-8-22)20-11-9-19(10-12-20)21-13-14-23-24(17-21)29-25(18-27-23)30-15-5-2-6-16-30/h1,3-4,7-14,17-18H,2,5-6,15-16H2,(H,28,31). The van der Waals surface area contributed by atoms with E-state index in [9.17, 15) is 4.79 Å². The van der Waals surface area contributed by atoms with Gasteiger partial charge in [-0.15, -0.1) is 0 Å². The van der Waals surface area contributed by atoms with Gasteiger partial charge in [0.15, 0.2) is 0 Å².